The quantitative estimate of drug-likeness (QED) is 0.547. The lowest BCUT2D eigenvalue weighted by molar-refractivity contribution is -0.146. The number of ether oxygens (including phenoxy) is 1. The lowest BCUT2D eigenvalue weighted by Crippen LogP contribution is -2.21. The molecule has 0 aromatic carbocycles. The van der Waals surface area contributed by atoms with Gasteiger partial charge in [-0.3, -0.25) is 4.79 Å². The standard InChI is InChI=1S/C10H16O2S/c1-3-12-10(11)8-6-4-5-7(2)9(8)13/h8,13H,3-6H2,1-2H3. The maximum absolute atomic E-state index is 11.4. The molecule has 0 saturated heterocycles. The highest BCUT2D eigenvalue weighted by Gasteiger charge is 2.26. The van der Waals surface area contributed by atoms with Crippen molar-refractivity contribution in [3.8, 4) is 0 Å². The Morgan fingerprint density at radius 2 is 2.38 bits per heavy atom. The molecule has 0 bridgehead atoms. The molecule has 3 heteroatoms. The van der Waals surface area contributed by atoms with Gasteiger partial charge >= 0.3 is 5.97 Å². The third-order valence-corrected chi connectivity index (χ3v) is 3.08. The Kier molecular flexibility index (Phi) is 3.85. The van der Waals surface area contributed by atoms with Crippen molar-refractivity contribution in [2.45, 2.75) is 33.1 Å². The van der Waals surface area contributed by atoms with E-state index in [4.69, 9.17) is 4.74 Å². The van der Waals surface area contributed by atoms with Gasteiger partial charge in [0, 0.05) is 0 Å². The fraction of sp³-hybridized carbons (Fsp3) is 0.700. The first-order valence-corrected chi connectivity index (χ1v) is 5.16. The molecule has 1 aliphatic rings. The third kappa shape index (κ3) is 2.50. The Morgan fingerprint density at radius 1 is 1.69 bits per heavy atom. The molecule has 74 valence electrons. The second-order valence-electron chi connectivity index (χ2n) is 3.36. The third-order valence-electron chi connectivity index (χ3n) is 2.38. The number of hydrogen-bond donors (Lipinski definition) is 1. The molecule has 0 fully saturated rings. The minimum atomic E-state index is -0.119. The number of carbonyl (C=O) groups is 1. The van der Waals surface area contributed by atoms with Gasteiger partial charge in [0.05, 0.1) is 12.5 Å². The number of allylic oxidation sites excluding steroid dienone is 1. The molecular weight excluding hydrogens is 184 g/mol. The van der Waals surface area contributed by atoms with Crippen molar-refractivity contribution in [3.05, 3.63) is 10.5 Å². The zero-order valence-electron chi connectivity index (χ0n) is 8.17. The fourth-order valence-corrected chi connectivity index (χ4v) is 1.95. The molecule has 1 rings (SSSR count). The van der Waals surface area contributed by atoms with Gasteiger partial charge in [-0.15, -0.1) is 12.6 Å². The van der Waals surface area contributed by atoms with Gasteiger partial charge in [0.25, 0.3) is 0 Å². The molecule has 0 saturated carbocycles. The minimum Gasteiger partial charge on any atom is -0.466 e. The van der Waals surface area contributed by atoms with Gasteiger partial charge in [-0.1, -0.05) is 5.57 Å². The van der Waals surface area contributed by atoms with E-state index in [1.165, 1.54) is 5.57 Å². The van der Waals surface area contributed by atoms with Crippen LogP contribution < -0.4 is 0 Å². The van der Waals surface area contributed by atoms with Crippen LogP contribution in [-0.4, -0.2) is 12.6 Å². The van der Waals surface area contributed by atoms with Crippen LogP contribution in [0, 0.1) is 5.92 Å². The molecule has 2 nitrogen and oxygen atoms in total. The van der Waals surface area contributed by atoms with Crippen LogP contribution in [0.2, 0.25) is 0 Å². The van der Waals surface area contributed by atoms with Crippen LogP contribution in [0.3, 0.4) is 0 Å². The predicted octanol–water partition coefficient (Wildman–Crippen LogP) is 2.55. The summed E-state index contributed by atoms with van der Waals surface area (Å²) in [4.78, 5) is 12.4. The first-order valence-electron chi connectivity index (χ1n) is 4.72. The monoisotopic (exact) mass is 200 g/mol. The summed E-state index contributed by atoms with van der Waals surface area (Å²) in [6.45, 7) is 4.32. The van der Waals surface area contributed by atoms with E-state index >= 15 is 0 Å². The van der Waals surface area contributed by atoms with Crippen molar-refractivity contribution >= 4 is 18.6 Å². The SMILES string of the molecule is CCOC(=O)C1CCCC(C)=C1S. The Morgan fingerprint density at radius 3 is 3.00 bits per heavy atom. The highest BCUT2D eigenvalue weighted by molar-refractivity contribution is 7.84. The molecule has 0 amide bonds. The number of esters is 1. The lowest BCUT2D eigenvalue weighted by atomic mass is 9.91. The summed E-state index contributed by atoms with van der Waals surface area (Å²) >= 11 is 4.36. The van der Waals surface area contributed by atoms with Crippen molar-refractivity contribution in [1.82, 2.24) is 0 Å². The van der Waals surface area contributed by atoms with E-state index in [0.717, 1.165) is 24.2 Å². The van der Waals surface area contributed by atoms with Crippen LogP contribution in [0.1, 0.15) is 33.1 Å². The normalized spacial score (nSPS) is 23.2. The van der Waals surface area contributed by atoms with Gasteiger partial charge in [0.1, 0.15) is 0 Å². The largest absolute Gasteiger partial charge is 0.466 e. The maximum atomic E-state index is 11.4. The van der Waals surface area contributed by atoms with Gasteiger partial charge in [-0.25, -0.2) is 0 Å². The first-order chi connectivity index (χ1) is 6.16. The van der Waals surface area contributed by atoms with Crippen molar-refractivity contribution in [1.29, 1.82) is 0 Å². The molecule has 1 unspecified atom stereocenters. The average Bonchev–Trinajstić information content (AvgIpc) is 2.10. The second kappa shape index (κ2) is 4.70. The topological polar surface area (TPSA) is 26.3 Å². The molecule has 0 heterocycles. The molecule has 0 radical (unpaired) electrons. The average molecular weight is 200 g/mol. The van der Waals surface area contributed by atoms with E-state index in [-0.39, 0.29) is 11.9 Å². The van der Waals surface area contributed by atoms with Gasteiger partial charge < -0.3 is 4.74 Å². The smallest absolute Gasteiger partial charge is 0.313 e. The van der Waals surface area contributed by atoms with E-state index in [0.29, 0.717) is 6.61 Å². The Balaban J connectivity index is 2.69. The highest BCUT2D eigenvalue weighted by Crippen LogP contribution is 2.32. The lowest BCUT2D eigenvalue weighted by Gasteiger charge is -2.22. The van der Waals surface area contributed by atoms with Crippen LogP contribution in [0.5, 0.6) is 0 Å². The molecular formula is C10H16O2S. The van der Waals surface area contributed by atoms with Crippen molar-refractivity contribution < 1.29 is 9.53 Å². The Hall–Kier alpha value is -0.440. The van der Waals surface area contributed by atoms with Crippen molar-refractivity contribution in [2.24, 2.45) is 5.92 Å². The predicted molar refractivity (Wildman–Crippen MR) is 55.7 cm³/mol. The summed E-state index contributed by atoms with van der Waals surface area (Å²) < 4.78 is 4.98. The zero-order chi connectivity index (χ0) is 9.84. The van der Waals surface area contributed by atoms with Crippen molar-refractivity contribution in [3.63, 3.8) is 0 Å². The van der Waals surface area contributed by atoms with Crippen LogP contribution in [0.4, 0.5) is 0 Å². The maximum Gasteiger partial charge on any atom is 0.313 e. The van der Waals surface area contributed by atoms with E-state index in [2.05, 4.69) is 12.6 Å². The Labute approximate surface area is 84.8 Å². The van der Waals surface area contributed by atoms with Crippen LogP contribution >= 0.6 is 12.6 Å². The molecule has 0 aliphatic heterocycles. The van der Waals surface area contributed by atoms with Crippen molar-refractivity contribution in [2.75, 3.05) is 6.61 Å². The van der Waals surface area contributed by atoms with Crippen LogP contribution in [-0.2, 0) is 9.53 Å². The van der Waals surface area contributed by atoms with E-state index in [1.54, 1.807) is 0 Å². The number of thiol groups is 1. The molecule has 0 N–H and O–H groups in total. The van der Waals surface area contributed by atoms with Gasteiger partial charge in [-0.2, -0.15) is 0 Å². The highest BCUT2D eigenvalue weighted by atomic mass is 32.1. The van der Waals surface area contributed by atoms with E-state index in [9.17, 15) is 4.79 Å². The molecule has 0 aromatic rings. The number of hydrogen-bond acceptors (Lipinski definition) is 3. The summed E-state index contributed by atoms with van der Waals surface area (Å²) in [5.41, 5.74) is 1.23. The summed E-state index contributed by atoms with van der Waals surface area (Å²) in [5.74, 6) is -0.219. The minimum absolute atomic E-state index is 0.1000. The molecule has 1 aliphatic carbocycles. The first kappa shape index (κ1) is 10.6. The summed E-state index contributed by atoms with van der Waals surface area (Å²) in [6, 6.07) is 0. The number of rotatable bonds is 2. The van der Waals surface area contributed by atoms with Crippen LogP contribution in [0.25, 0.3) is 0 Å². The summed E-state index contributed by atoms with van der Waals surface area (Å²) in [6.07, 6.45) is 3.02. The van der Waals surface area contributed by atoms with Gasteiger partial charge in [0.2, 0.25) is 0 Å². The van der Waals surface area contributed by atoms with Gasteiger partial charge in [-0.05, 0) is 38.0 Å². The molecule has 0 spiro atoms. The summed E-state index contributed by atoms with van der Waals surface area (Å²) in [7, 11) is 0. The molecule has 13 heavy (non-hydrogen) atoms. The molecule has 0 aromatic heterocycles. The van der Waals surface area contributed by atoms with Gasteiger partial charge in [0.15, 0.2) is 0 Å². The van der Waals surface area contributed by atoms with E-state index < -0.39 is 0 Å². The summed E-state index contributed by atoms with van der Waals surface area (Å²) in [5, 5.41) is 0. The zero-order valence-corrected chi connectivity index (χ0v) is 9.06. The number of carbonyl (C=O) groups excluding carboxylic acids is 1. The molecule has 1 atom stereocenters. The second-order valence-corrected chi connectivity index (χ2v) is 3.84. The van der Waals surface area contributed by atoms with Crippen LogP contribution in [0.15, 0.2) is 10.5 Å². The van der Waals surface area contributed by atoms with E-state index in [1.807, 2.05) is 13.8 Å². The fourth-order valence-electron chi connectivity index (χ4n) is 1.61. The Bertz CT molecular complexity index is 233.